The van der Waals surface area contributed by atoms with E-state index in [0.717, 1.165) is 0 Å². The smallest absolute Gasteiger partial charge is 0.208 e. The fourth-order valence-electron chi connectivity index (χ4n) is 0.928. The lowest BCUT2D eigenvalue weighted by Gasteiger charge is -2.09. The van der Waals surface area contributed by atoms with Gasteiger partial charge in [0.1, 0.15) is 5.75 Å². The zero-order valence-corrected chi connectivity index (χ0v) is 8.27. The zero-order chi connectivity index (χ0) is 10.4. The highest BCUT2D eigenvalue weighted by atomic mass is 16.5. The predicted molar refractivity (Wildman–Crippen MR) is 55.0 cm³/mol. The van der Waals surface area contributed by atoms with Crippen LogP contribution in [0, 0.1) is 17.4 Å². The van der Waals surface area contributed by atoms with Crippen molar-refractivity contribution >= 4 is 5.90 Å². The van der Waals surface area contributed by atoms with Crippen LogP contribution >= 0.6 is 0 Å². The Balaban J connectivity index is 2.77. The first kappa shape index (κ1) is 10.3. The molecule has 0 heterocycles. The fraction of sp³-hybridized carbons (Fsp3) is 0.273. The molecule has 0 aromatic heterocycles. The van der Waals surface area contributed by atoms with Crippen molar-refractivity contribution in [2.45, 2.75) is 13.8 Å². The van der Waals surface area contributed by atoms with E-state index in [4.69, 9.17) is 10.00 Å². The van der Waals surface area contributed by atoms with E-state index in [-0.39, 0.29) is 5.92 Å². The van der Waals surface area contributed by atoms with Crippen molar-refractivity contribution in [2.24, 2.45) is 10.9 Å². The number of hydrogen-bond donors (Lipinski definition) is 0. The Labute approximate surface area is 83.7 Å². The van der Waals surface area contributed by atoms with Crippen LogP contribution in [0.2, 0.25) is 0 Å². The van der Waals surface area contributed by atoms with E-state index in [2.05, 4.69) is 4.99 Å². The van der Waals surface area contributed by atoms with Crippen molar-refractivity contribution < 1.29 is 4.74 Å². The van der Waals surface area contributed by atoms with Crippen molar-refractivity contribution in [2.75, 3.05) is 0 Å². The number of para-hydroxylation sites is 1. The fourth-order valence-corrected chi connectivity index (χ4v) is 0.928. The summed E-state index contributed by atoms with van der Waals surface area (Å²) in [7, 11) is 0. The highest BCUT2D eigenvalue weighted by Gasteiger charge is 2.07. The minimum atomic E-state index is 0.106. The lowest BCUT2D eigenvalue weighted by atomic mass is 10.2. The molecular formula is C11H12N2O. The molecule has 72 valence electrons. The van der Waals surface area contributed by atoms with E-state index in [1.54, 1.807) is 6.19 Å². The van der Waals surface area contributed by atoms with Gasteiger partial charge in [-0.15, -0.1) is 4.99 Å². The number of nitriles is 1. The topological polar surface area (TPSA) is 45.4 Å². The maximum Gasteiger partial charge on any atom is 0.208 e. The third-order valence-corrected chi connectivity index (χ3v) is 1.62. The number of ether oxygens (including phenoxy) is 1. The predicted octanol–water partition coefficient (Wildman–Crippen LogP) is 2.60. The largest absolute Gasteiger partial charge is 0.442 e. The van der Waals surface area contributed by atoms with E-state index in [0.29, 0.717) is 11.6 Å². The van der Waals surface area contributed by atoms with Crippen molar-refractivity contribution in [3.63, 3.8) is 0 Å². The van der Waals surface area contributed by atoms with Gasteiger partial charge in [0.25, 0.3) is 0 Å². The Morgan fingerprint density at radius 3 is 2.50 bits per heavy atom. The van der Waals surface area contributed by atoms with E-state index in [1.807, 2.05) is 44.2 Å². The summed E-state index contributed by atoms with van der Waals surface area (Å²) < 4.78 is 5.44. The van der Waals surface area contributed by atoms with Gasteiger partial charge in [0, 0.05) is 5.92 Å². The third-order valence-electron chi connectivity index (χ3n) is 1.62. The summed E-state index contributed by atoms with van der Waals surface area (Å²) in [5.74, 6) is 1.25. The molecule has 0 aliphatic rings. The van der Waals surface area contributed by atoms with Crippen LogP contribution in [-0.4, -0.2) is 5.90 Å². The molecule has 0 saturated carbocycles. The highest BCUT2D eigenvalue weighted by molar-refractivity contribution is 5.81. The second-order valence-corrected chi connectivity index (χ2v) is 3.12. The van der Waals surface area contributed by atoms with Gasteiger partial charge in [-0.05, 0) is 12.1 Å². The Morgan fingerprint density at radius 2 is 2.00 bits per heavy atom. The van der Waals surface area contributed by atoms with Crippen LogP contribution in [0.4, 0.5) is 0 Å². The summed E-state index contributed by atoms with van der Waals surface area (Å²) in [6.07, 6.45) is 1.73. The molecular weight excluding hydrogens is 176 g/mol. The molecule has 0 aliphatic carbocycles. The molecule has 0 unspecified atom stereocenters. The van der Waals surface area contributed by atoms with Gasteiger partial charge in [0.05, 0.1) is 0 Å². The summed E-state index contributed by atoms with van der Waals surface area (Å²) in [5.41, 5.74) is 0. The van der Waals surface area contributed by atoms with Crippen molar-refractivity contribution in [1.82, 2.24) is 0 Å². The van der Waals surface area contributed by atoms with Crippen LogP contribution in [0.25, 0.3) is 0 Å². The summed E-state index contributed by atoms with van der Waals surface area (Å²) in [6.45, 7) is 3.86. The lowest BCUT2D eigenvalue weighted by molar-refractivity contribution is 0.507. The van der Waals surface area contributed by atoms with E-state index in [9.17, 15) is 0 Å². The second-order valence-electron chi connectivity index (χ2n) is 3.12. The summed E-state index contributed by atoms with van der Waals surface area (Å²) in [4.78, 5) is 3.62. The molecule has 0 radical (unpaired) electrons. The molecule has 0 spiro atoms. The number of hydrogen-bond acceptors (Lipinski definition) is 3. The first-order chi connectivity index (χ1) is 6.74. The van der Waals surface area contributed by atoms with Gasteiger partial charge in [-0.1, -0.05) is 32.0 Å². The number of nitrogens with zero attached hydrogens (tertiary/aromatic N) is 2. The number of aliphatic imine (C=N–C) groups is 1. The van der Waals surface area contributed by atoms with Crippen LogP contribution in [0.5, 0.6) is 5.75 Å². The van der Waals surface area contributed by atoms with Crippen LogP contribution in [-0.2, 0) is 0 Å². The van der Waals surface area contributed by atoms with Gasteiger partial charge < -0.3 is 4.74 Å². The maximum absolute atomic E-state index is 8.45. The SMILES string of the molecule is CC(C)C(=NC#N)Oc1ccccc1. The first-order valence-corrected chi connectivity index (χ1v) is 4.43. The van der Waals surface area contributed by atoms with Crippen molar-refractivity contribution in [3.05, 3.63) is 30.3 Å². The van der Waals surface area contributed by atoms with E-state index in [1.165, 1.54) is 0 Å². The van der Waals surface area contributed by atoms with Gasteiger partial charge >= 0.3 is 0 Å². The minimum absolute atomic E-state index is 0.106. The Bertz CT molecular complexity index is 349. The average Bonchev–Trinajstić information content (AvgIpc) is 2.18. The minimum Gasteiger partial charge on any atom is -0.442 e. The zero-order valence-electron chi connectivity index (χ0n) is 8.27. The first-order valence-electron chi connectivity index (χ1n) is 4.43. The molecule has 1 aromatic carbocycles. The molecule has 0 N–H and O–H groups in total. The van der Waals surface area contributed by atoms with Gasteiger partial charge in [0.2, 0.25) is 12.1 Å². The maximum atomic E-state index is 8.45. The Kier molecular flexibility index (Phi) is 3.69. The van der Waals surface area contributed by atoms with Crippen molar-refractivity contribution in [1.29, 1.82) is 5.26 Å². The molecule has 0 amide bonds. The van der Waals surface area contributed by atoms with E-state index >= 15 is 0 Å². The second kappa shape index (κ2) is 5.03. The monoisotopic (exact) mass is 188 g/mol. The number of benzene rings is 1. The van der Waals surface area contributed by atoms with Gasteiger partial charge in [-0.3, -0.25) is 0 Å². The van der Waals surface area contributed by atoms with Crippen LogP contribution < -0.4 is 4.74 Å². The normalized spacial score (nSPS) is 11.1. The molecule has 1 rings (SSSR count). The standard InChI is InChI=1S/C11H12N2O/c1-9(2)11(13-8-12)14-10-6-4-3-5-7-10/h3-7,9H,1-2H3. The molecule has 1 aromatic rings. The molecule has 0 fully saturated rings. The van der Waals surface area contributed by atoms with Crippen LogP contribution in [0.15, 0.2) is 35.3 Å². The lowest BCUT2D eigenvalue weighted by Crippen LogP contribution is -2.15. The molecule has 3 heteroatoms. The van der Waals surface area contributed by atoms with Crippen LogP contribution in [0.3, 0.4) is 0 Å². The molecule has 0 aliphatic heterocycles. The molecule has 14 heavy (non-hydrogen) atoms. The Morgan fingerprint density at radius 1 is 1.36 bits per heavy atom. The van der Waals surface area contributed by atoms with Gasteiger partial charge in [-0.25, -0.2) is 0 Å². The average molecular weight is 188 g/mol. The number of rotatable bonds is 2. The highest BCUT2D eigenvalue weighted by Crippen LogP contribution is 2.11. The molecule has 0 atom stereocenters. The summed E-state index contributed by atoms with van der Waals surface area (Å²) >= 11 is 0. The quantitative estimate of drug-likeness (QED) is 0.407. The Hall–Kier alpha value is -1.82. The third kappa shape index (κ3) is 2.91. The molecule has 3 nitrogen and oxygen atoms in total. The molecule has 0 saturated heterocycles. The van der Waals surface area contributed by atoms with Gasteiger partial charge in [0.15, 0.2) is 0 Å². The van der Waals surface area contributed by atoms with Gasteiger partial charge in [-0.2, -0.15) is 5.26 Å². The summed E-state index contributed by atoms with van der Waals surface area (Å²) in [6, 6.07) is 9.31. The van der Waals surface area contributed by atoms with E-state index < -0.39 is 0 Å². The van der Waals surface area contributed by atoms with Crippen LogP contribution in [0.1, 0.15) is 13.8 Å². The molecule has 0 bridgehead atoms. The van der Waals surface area contributed by atoms with Crippen molar-refractivity contribution in [3.8, 4) is 11.9 Å². The summed E-state index contributed by atoms with van der Waals surface area (Å²) in [5, 5.41) is 8.45.